The van der Waals surface area contributed by atoms with Crippen LogP contribution < -0.4 is 4.72 Å². The molecule has 0 radical (unpaired) electrons. The van der Waals surface area contributed by atoms with Crippen molar-refractivity contribution in [3.8, 4) is 0 Å². The first-order valence-corrected chi connectivity index (χ1v) is 9.23. The summed E-state index contributed by atoms with van der Waals surface area (Å²) < 4.78 is 25.4. The van der Waals surface area contributed by atoms with Gasteiger partial charge in [-0.3, -0.25) is 4.90 Å². The Kier molecular flexibility index (Phi) is 8.25. The molecule has 5 nitrogen and oxygen atoms in total. The lowest BCUT2D eigenvalue weighted by atomic mass is 10.0. The Balaban J connectivity index is 4.51. The third-order valence-electron chi connectivity index (χ3n) is 3.53. The fourth-order valence-electron chi connectivity index (χ4n) is 2.12. The fourth-order valence-corrected chi connectivity index (χ4v) is 3.22. The highest BCUT2D eigenvalue weighted by atomic mass is 32.2. The van der Waals surface area contributed by atoms with Gasteiger partial charge in [0.2, 0.25) is 10.0 Å². The van der Waals surface area contributed by atoms with E-state index >= 15 is 0 Å². The average molecular weight is 308 g/mol. The van der Waals surface area contributed by atoms with E-state index in [4.69, 9.17) is 0 Å². The highest BCUT2D eigenvalue weighted by Gasteiger charge is 2.24. The maximum absolute atomic E-state index is 11.4. The highest BCUT2D eigenvalue weighted by Crippen LogP contribution is 2.13. The average Bonchev–Trinajstić information content (AvgIpc) is 2.24. The molecule has 0 saturated carbocycles. The van der Waals surface area contributed by atoms with Gasteiger partial charge in [0, 0.05) is 31.2 Å². The van der Waals surface area contributed by atoms with E-state index in [0.717, 1.165) is 32.5 Å². The molecule has 0 spiro atoms. The number of nitrogens with zero attached hydrogens (tertiary/aromatic N) is 2. The maximum atomic E-state index is 11.4. The Bertz CT molecular complexity index is 367. The van der Waals surface area contributed by atoms with E-state index in [2.05, 4.69) is 42.5 Å². The van der Waals surface area contributed by atoms with E-state index in [0.29, 0.717) is 6.04 Å². The highest BCUT2D eigenvalue weighted by molar-refractivity contribution is 7.88. The van der Waals surface area contributed by atoms with E-state index in [1.165, 1.54) is 6.26 Å². The Morgan fingerprint density at radius 3 is 2.10 bits per heavy atom. The van der Waals surface area contributed by atoms with Gasteiger partial charge in [0.05, 0.1) is 6.26 Å². The number of likely N-dealkylation sites (N-methyl/N-ethyl adjacent to an activating group) is 1. The molecule has 0 heterocycles. The van der Waals surface area contributed by atoms with E-state index in [9.17, 15) is 8.42 Å². The quantitative estimate of drug-likeness (QED) is 0.662. The van der Waals surface area contributed by atoms with Crippen molar-refractivity contribution in [2.75, 3.05) is 40.0 Å². The Morgan fingerprint density at radius 2 is 1.70 bits per heavy atom. The van der Waals surface area contributed by atoms with Gasteiger partial charge in [0.1, 0.15) is 0 Å². The van der Waals surface area contributed by atoms with E-state index in [-0.39, 0.29) is 0 Å². The normalized spacial score (nSPS) is 15.1. The number of hydrogen-bond donors (Lipinski definition) is 1. The molecule has 0 aliphatic heterocycles. The van der Waals surface area contributed by atoms with Crippen molar-refractivity contribution < 1.29 is 8.42 Å². The fraction of sp³-hybridized carbons (Fsp3) is 1.00. The summed E-state index contributed by atoms with van der Waals surface area (Å²) in [6.45, 7) is 11.2. The van der Waals surface area contributed by atoms with Crippen LogP contribution in [0, 0.1) is 0 Å². The molecule has 0 aliphatic carbocycles. The zero-order chi connectivity index (χ0) is 16.0. The standard InChI is InChI=1S/C14H33N3O2S/c1-8-13(2)17(12-11-16(5)6)10-9-14(3,4)15-20(7,18)19/h13,15H,8-12H2,1-7H3. The van der Waals surface area contributed by atoms with Crippen molar-refractivity contribution in [1.29, 1.82) is 0 Å². The number of hydrogen-bond acceptors (Lipinski definition) is 4. The van der Waals surface area contributed by atoms with Gasteiger partial charge >= 0.3 is 0 Å². The lowest BCUT2D eigenvalue weighted by Gasteiger charge is -2.33. The van der Waals surface area contributed by atoms with Crippen LogP contribution >= 0.6 is 0 Å². The number of rotatable bonds is 10. The van der Waals surface area contributed by atoms with Crippen LogP contribution in [-0.4, -0.2) is 69.8 Å². The van der Waals surface area contributed by atoms with Crippen molar-refractivity contribution in [3.63, 3.8) is 0 Å². The summed E-state index contributed by atoms with van der Waals surface area (Å²) in [5.74, 6) is 0. The molecular formula is C14H33N3O2S. The summed E-state index contributed by atoms with van der Waals surface area (Å²) in [5.41, 5.74) is -0.405. The smallest absolute Gasteiger partial charge is 0.209 e. The van der Waals surface area contributed by atoms with Gasteiger partial charge in [-0.15, -0.1) is 0 Å². The topological polar surface area (TPSA) is 52.6 Å². The molecule has 0 aromatic carbocycles. The second-order valence-electron chi connectivity index (χ2n) is 6.60. The number of nitrogens with one attached hydrogen (secondary N) is 1. The molecule has 0 rings (SSSR count). The van der Waals surface area contributed by atoms with E-state index in [1.54, 1.807) is 0 Å². The second-order valence-corrected chi connectivity index (χ2v) is 8.35. The van der Waals surface area contributed by atoms with Crippen LogP contribution in [0.25, 0.3) is 0 Å². The van der Waals surface area contributed by atoms with Gasteiger partial charge in [0.25, 0.3) is 0 Å². The second kappa shape index (κ2) is 8.32. The largest absolute Gasteiger partial charge is 0.308 e. The SMILES string of the molecule is CCC(C)N(CCN(C)C)CCC(C)(C)NS(C)(=O)=O. The molecule has 0 aliphatic rings. The van der Waals surface area contributed by atoms with E-state index in [1.807, 2.05) is 13.8 Å². The molecule has 6 heteroatoms. The van der Waals surface area contributed by atoms with Crippen molar-refractivity contribution >= 4 is 10.0 Å². The van der Waals surface area contributed by atoms with Crippen LogP contribution in [-0.2, 0) is 10.0 Å². The Morgan fingerprint density at radius 1 is 1.15 bits per heavy atom. The third-order valence-corrected chi connectivity index (χ3v) is 4.46. The van der Waals surface area contributed by atoms with Crippen LogP contribution in [0.15, 0.2) is 0 Å². The zero-order valence-corrected chi connectivity index (χ0v) is 15.0. The minimum Gasteiger partial charge on any atom is -0.308 e. The monoisotopic (exact) mass is 307 g/mol. The molecule has 1 atom stereocenters. The lowest BCUT2D eigenvalue weighted by molar-refractivity contribution is 0.169. The summed E-state index contributed by atoms with van der Waals surface area (Å²) in [6, 6.07) is 0.518. The molecule has 0 aromatic heterocycles. The molecular weight excluding hydrogens is 274 g/mol. The lowest BCUT2D eigenvalue weighted by Crippen LogP contribution is -2.47. The summed E-state index contributed by atoms with van der Waals surface area (Å²) in [5, 5.41) is 0. The molecule has 0 bridgehead atoms. The summed E-state index contributed by atoms with van der Waals surface area (Å²) in [7, 11) is 0.989. The van der Waals surface area contributed by atoms with Gasteiger partial charge in [0.15, 0.2) is 0 Å². The first-order valence-electron chi connectivity index (χ1n) is 7.34. The van der Waals surface area contributed by atoms with Crippen LogP contribution in [0.1, 0.15) is 40.5 Å². The summed E-state index contributed by atoms with van der Waals surface area (Å²) in [6.07, 6.45) is 3.12. The Labute approximate surface area is 125 Å². The molecule has 1 unspecified atom stereocenters. The zero-order valence-electron chi connectivity index (χ0n) is 14.2. The first kappa shape index (κ1) is 19.8. The minimum atomic E-state index is -3.16. The summed E-state index contributed by atoms with van der Waals surface area (Å²) >= 11 is 0. The molecule has 122 valence electrons. The predicted octanol–water partition coefficient (Wildman–Crippen LogP) is 1.37. The molecule has 0 fully saturated rings. The molecule has 0 amide bonds. The van der Waals surface area contributed by atoms with Crippen LogP contribution in [0.5, 0.6) is 0 Å². The van der Waals surface area contributed by atoms with Gasteiger partial charge in [-0.2, -0.15) is 0 Å². The van der Waals surface area contributed by atoms with Crippen LogP contribution in [0.3, 0.4) is 0 Å². The van der Waals surface area contributed by atoms with E-state index < -0.39 is 15.6 Å². The molecule has 20 heavy (non-hydrogen) atoms. The van der Waals surface area contributed by atoms with Gasteiger partial charge < -0.3 is 4.90 Å². The van der Waals surface area contributed by atoms with Gasteiger partial charge in [-0.1, -0.05) is 6.92 Å². The molecule has 0 saturated heterocycles. The first-order chi connectivity index (χ1) is 8.97. The Hall–Kier alpha value is -0.170. The summed E-state index contributed by atoms with van der Waals surface area (Å²) in [4.78, 5) is 4.61. The third kappa shape index (κ3) is 9.69. The van der Waals surface area contributed by atoms with Crippen molar-refractivity contribution in [2.45, 2.75) is 52.1 Å². The van der Waals surface area contributed by atoms with Gasteiger partial charge in [-0.05, 0) is 47.7 Å². The maximum Gasteiger partial charge on any atom is 0.209 e. The minimum absolute atomic E-state index is 0.405. The number of sulfonamides is 1. The van der Waals surface area contributed by atoms with Crippen LogP contribution in [0.4, 0.5) is 0 Å². The van der Waals surface area contributed by atoms with Crippen molar-refractivity contribution in [2.24, 2.45) is 0 Å². The van der Waals surface area contributed by atoms with Crippen molar-refractivity contribution in [1.82, 2.24) is 14.5 Å². The van der Waals surface area contributed by atoms with Gasteiger partial charge in [-0.25, -0.2) is 13.1 Å². The molecule has 1 N–H and O–H groups in total. The van der Waals surface area contributed by atoms with Crippen LogP contribution in [0.2, 0.25) is 0 Å². The molecule has 0 aromatic rings. The predicted molar refractivity (Wildman–Crippen MR) is 86.6 cm³/mol. The van der Waals surface area contributed by atoms with Crippen molar-refractivity contribution in [3.05, 3.63) is 0 Å².